The smallest absolute Gasteiger partial charge is 0.231 e. The van der Waals surface area contributed by atoms with Gasteiger partial charge in [-0.05, 0) is 12.1 Å². The lowest BCUT2D eigenvalue weighted by Gasteiger charge is -2.39. The summed E-state index contributed by atoms with van der Waals surface area (Å²) in [6.07, 6.45) is -8.40. The van der Waals surface area contributed by atoms with Crippen molar-refractivity contribution in [1.82, 2.24) is 0 Å². The van der Waals surface area contributed by atoms with E-state index in [0.29, 0.717) is 0 Å². The van der Waals surface area contributed by atoms with E-state index in [1.807, 2.05) is 0 Å². The molecule has 196 valence electrons. The summed E-state index contributed by atoms with van der Waals surface area (Å²) in [7, 11) is 2.56. The predicted octanol–water partition coefficient (Wildman–Crippen LogP) is 0.458. The topological polar surface area (TPSA) is 217 Å². The van der Waals surface area contributed by atoms with Crippen LogP contribution in [0.25, 0.3) is 5.76 Å². The third kappa shape index (κ3) is 4.26. The molecule has 0 spiro atoms. The molecule has 36 heavy (non-hydrogen) atoms. The molecule has 2 heterocycles. The fourth-order valence-electron chi connectivity index (χ4n) is 3.86. The highest BCUT2D eigenvalue weighted by Gasteiger charge is 2.48. The van der Waals surface area contributed by atoms with Gasteiger partial charge in [0.1, 0.15) is 29.8 Å². The Morgan fingerprint density at radius 1 is 0.861 bits per heavy atom. The Labute approximate surface area is 202 Å². The molecule has 3 aliphatic rings. The number of hydrogen-bond donors (Lipinski definition) is 8. The first-order valence-corrected chi connectivity index (χ1v) is 10.4. The predicted molar refractivity (Wildman–Crippen MR) is 116 cm³/mol. The molecule has 8 N–H and O–H groups in total. The van der Waals surface area contributed by atoms with Crippen molar-refractivity contribution in [3.63, 3.8) is 0 Å². The molecule has 14 nitrogen and oxygen atoms in total. The first-order valence-electron chi connectivity index (χ1n) is 10.4. The second-order valence-electron chi connectivity index (χ2n) is 7.88. The number of phenols is 1. The van der Waals surface area contributed by atoms with E-state index in [0.717, 1.165) is 6.08 Å². The van der Waals surface area contributed by atoms with Gasteiger partial charge in [0.2, 0.25) is 24.1 Å². The third-order valence-corrected chi connectivity index (χ3v) is 5.69. The molecule has 1 aromatic carbocycles. The zero-order chi connectivity index (χ0) is 26.3. The summed E-state index contributed by atoms with van der Waals surface area (Å²) >= 11 is 0. The average molecular weight is 512 g/mol. The van der Waals surface area contributed by atoms with Crippen LogP contribution in [-0.4, -0.2) is 92.2 Å². The zero-order valence-corrected chi connectivity index (χ0v) is 18.8. The van der Waals surface area contributed by atoms with Gasteiger partial charge in [-0.1, -0.05) is 0 Å². The highest BCUT2D eigenvalue weighted by molar-refractivity contribution is 5.73. The number of aromatic hydroxyl groups is 1. The van der Waals surface area contributed by atoms with Crippen molar-refractivity contribution in [2.75, 3.05) is 14.2 Å². The van der Waals surface area contributed by atoms with Gasteiger partial charge >= 0.3 is 0 Å². The monoisotopic (exact) mass is 512 g/mol. The first kappa shape index (κ1) is 25.4. The quantitative estimate of drug-likeness (QED) is 0.192. The fourth-order valence-corrected chi connectivity index (χ4v) is 3.86. The van der Waals surface area contributed by atoms with Crippen molar-refractivity contribution in [3.8, 4) is 17.2 Å². The van der Waals surface area contributed by atoms with Crippen LogP contribution < -0.4 is 9.47 Å². The van der Waals surface area contributed by atoms with Crippen LogP contribution in [0.5, 0.6) is 17.2 Å². The van der Waals surface area contributed by atoms with Crippen LogP contribution in [0.3, 0.4) is 0 Å². The lowest BCUT2D eigenvalue weighted by atomic mass is 9.95. The Bertz CT molecular complexity index is 1120. The van der Waals surface area contributed by atoms with Crippen LogP contribution in [0.4, 0.5) is 0 Å². The lowest BCUT2D eigenvalue weighted by molar-refractivity contribution is -0.424. The van der Waals surface area contributed by atoms with Gasteiger partial charge in [-0.25, -0.2) is 10.1 Å². The van der Waals surface area contributed by atoms with E-state index in [1.165, 1.54) is 32.4 Å². The summed E-state index contributed by atoms with van der Waals surface area (Å²) in [4.78, 5) is 3.98. The number of allylic oxidation sites excluding steroid dienone is 1. The van der Waals surface area contributed by atoms with E-state index in [-0.39, 0.29) is 39.9 Å². The highest BCUT2D eigenvalue weighted by Crippen LogP contribution is 2.45. The van der Waals surface area contributed by atoms with Crippen molar-refractivity contribution >= 4 is 5.76 Å². The molecule has 0 amide bonds. The van der Waals surface area contributed by atoms with E-state index in [1.54, 1.807) is 0 Å². The van der Waals surface area contributed by atoms with Gasteiger partial charge in [-0.15, -0.1) is 0 Å². The molecule has 1 unspecified atom stereocenters. The Morgan fingerprint density at radius 3 is 2.06 bits per heavy atom. The molecule has 0 aromatic heterocycles. The molecular weight excluding hydrogens is 488 g/mol. The molecule has 4 rings (SSSR count). The minimum absolute atomic E-state index is 0.0555. The van der Waals surface area contributed by atoms with Crippen molar-refractivity contribution in [2.24, 2.45) is 0 Å². The maximum absolute atomic E-state index is 11.1. The van der Waals surface area contributed by atoms with Gasteiger partial charge in [0.05, 0.1) is 19.8 Å². The second kappa shape index (κ2) is 9.77. The number of aliphatic hydroxyl groups is 6. The van der Waals surface area contributed by atoms with E-state index >= 15 is 0 Å². The molecule has 14 heteroatoms. The second-order valence-corrected chi connectivity index (χ2v) is 7.88. The summed E-state index contributed by atoms with van der Waals surface area (Å²) < 4.78 is 27.0. The Morgan fingerprint density at radius 2 is 1.47 bits per heavy atom. The Kier molecular flexibility index (Phi) is 6.90. The molecule has 0 bridgehead atoms. The van der Waals surface area contributed by atoms with Gasteiger partial charge in [0.25, 0.3) is 0 Å². The largest absolute Gasteiger partial charge is 0.508 e. The van der Waals surface area contributed by atoms with Crippen LogP contribution in [0, 0.1) is 0 Å². The van der Waals surface area contributed by atoms with E-state index < -0.39 is 54.3 Å². The zero-order valence-electron chi connectivity index (χ0n) is 18.8. The highest BCUT2D eigenvalue weighted by atomic mass is 17.1. The molecule has 1 fully saturated rings. The van der Waals surface area contributed by atoms with Crippen LogP contribution >= 0.6 is 0 Å². The first-order chi connectivity index (χ1) is 17.1. The Hall–Kier alpha value is -3.66. The minimum atomic E-state index is -1.90. The normalized spacial score (nSPS) is 30.2. The summed E-state index contributed by atoms with van der Waals surface area (Å²) in [5.41, 5.74) is -0.116. The third-order valence-electron chi connectivity index (χ3n) is 5.69. The summed E-state index contributed by atoms with van der Waals surface area (Å²) in [5, 5.41) is 80.9. The van der Waals surface area contributed by atoms with Crippen molar-refractivity contribution < 1.29 is 69.6 Å². The molecule has 1 aromatic rings. The summed E-state index contributed by atoms with van der Waals surface area (Å²) in [5.74, 6) is -2.86. The molecule has 2 aliphatic heterocycles. The number of hydrogen-bond acceptors (Lipinski definition) is 14. The minimum Gasteiger partial charge on any atom is -0.508 e. The van der Waals surface area contributed by atoms with Crippen molar-refractivity contribution in [3.05, 3.63) is 58.5 Å². The fraction of sp³-hybridized carbons (Fsp3) is 0.364. The Balaban J connectivity index is 1.87. The number of rotatable bonds is 6. The van der Waals surface area contributed by atoms with Gasteiger partial charge in [-0.3, -0.25) is 0 Å². The van der Waals surface area contributed by atoms with E-state index in [2.05, 4.69) is 4.89 Å². The molecule has 1 saturated heterocycles. The molecular formula is C22H24O14. The van der Waals surface area contributed by atoms with Crippen molar-refractivity contribution in [1.29, 1.82) is 0 Å². The number of methoxy groups -OCH3 is 2. The maximum Gasteiger partial charge on any atom is 0.231 e. The number of benzene rings is 1. The van der Waals surface area contributed by atoms with E-state index in [4.69, 9.17) is 28.9 Å². The summed E-state index contributed by atoms with van der Waals surface area (Å²) in [6.45, 7) is 0. The SMILES string of the molecule is COc1cc(C2=C(O[C@@H]3O[C@H](OO)[C@@H](O)[C@H](O)[C@H]3O)C(O)=C3C(O)=CC(O)=CC3O2)cc(OC)c1O. The van der Waals surface area contributed by atoms with Gasteiger partial charge < -0.3 is 59.4 Å². The lowest BCUT2D eigenvalue weighted by Crippen LogP contribution is -2.58. The van der Waals surface area contributed by atoms with Gasteiger partial charge in [0, 0.05) is 17.7 Å². The maximum atomic E-state index is 11.1. The van der Waals surface area contributed by atoms with E-state index in [9.17, 15) is 35.7 Å². The van der Waals surface area contributed by atoms with Gasteiger partial charge in [0.15, 0.2) is 29.1 Å². The van der Waals surface area contributed by atoms with Crippen LogP contribution in [0.2, 0.25) is 0 Å². The number of fused-ring (bicyclic) bond motifs is 1. The van der Waals surface area contributed by atoms with Crippen LogP contribution in [0.1, 0.15) is 5.56 Å². The average Bonchev–Trinajstić information content (AvgIpc) is 2.85. The molecule has 1 aliphatic carbocycles. The number of ether oxygens (including phenoxy) is 5. The molecule has 6 atom stereocenters. The summed E-state index contributed by atoms with van der Waals surface area (Å²) in [6, 6.07) is 2.60. The van der Waals surface area contributed by atoms with Gasteiger partial charge in [-0.2, -0.15) is 0 Å². The molecule has 0 saturated carbocycles. The van der Waals surface area contributed by atoms with Crippen LogP contribution in [0.15, 0.2) is 52.9 Å². The standard InChI is InChI=1S/C22H24O14/c1-31-11-3-7(4-12(32-2)14(11)25)19-20(15(26)13-9(24)5-8(23)6-10(13)33-19)34-21-17(28)16(27)18(29)22(35-21)36-30/h3-6,10,16-18,21-30H,1-2H3/t10?,16-,17-,18+,21-,22-/m1/s1. The van der Waals surface area contributed by atoms with Crippen LogP contribution in [-0.2, 0) is 19.1 Å². The number of phenolic OH excluding ortho intramolecular Hbond substituents is 1. The number of aliphatic hydroxyl groups excluding tert-OH is 6. The molecule has 0 radical (unpaired) electrons. The van der Waals surface area contributed by atoms with Crippen molar-refractivity contribution in [2.45, 2.75) is 37.0 Å².